The highest BCUT2D eigenvalue weighted by molar-refractivity contribution is 5.37. The lowest BCUT2D eigenvalue weighted by Crippen LogP contribution is -1.98. The minimum absolute atomic E-state index is 0.615. The summed E-state index contributed by atoms with van der Waals surface area (Å²) in [6.07, 6.45) is 0.897. The van der Waals surface area contributed by atoms with Gasteiger partial charge in [0.15, 0.2) is 0 Å². The van der Waals surface area contributed by atoms with Crippen molar-refractivity contribution in [2.24, 2.45) is 0 Å². The molecule has 0 aromatic heterocycles. The third-order valence-electron chi connectivity index (χ3n) is 2.10. The fraction of sp³-hybridized carbons (Fsp3) is 0.333. The van der Waals surface area contributed by atoms with Crippen LogP contribution in [0.1, 0.15) is 24.2 Å². The molecule has 1 atom stereocenters. The highest BCUT2D eigenvalue weighted by atomic mass is 16.5. The molecule has 0 amide bonds. The van der Waals surface area contributed by atoms with Crippen molar-refractivity contribution in [1.82, 2.24) is 0 Å². The summed E-state index contributed by atoms with van der Waals surface area (Å²) in [5.41, 5.74) is 1.90. The zero-order valence-corrected chi connectivity index (χ0v) is 8.66. The number of aliphatic hydroxyl groups is 1. The minimum Gasteiger partial charge on any atom is -0.494 e. The molecule has 1 unspecified atom stereocenters. The minimum atomic E-state index is -0.615. The average molecular weight is 192 g/mol. The lowest BCUT2D eigenvalue weighted by Gasteiger charge is -2.11. The van der Waals surface area contributed by atoms with Crippen LogP contribution in [-0.4, -0.2) is 11.7 Å². The molecule has 0 fully saturated rings. The molecular weight excluding hydrogens is 176 g/mol. The first-order chi connectivity index (χ1) is 6.69. The van der Waals surface area contributed by atoms with Crippen LogP contribution in [0.3, 0.4) is 0 Å². The smallest absolute Gasteiger partial charge is 0.119 e. The van der Waals surface area contributed by atoms with Gasteiger partial charge in [0.25, 0.3) is 0 Å². The summed E-state index contributed by atoms with van der Waals surface area (Å²) in [6.45, 7) is 8.08. The van der Waals surface area contributed by atoms with Crippen molar-refractivity contribution < 1.29 is 9.84 Å². The van der Waals surface area contributed by atoms with Gasteiger partial charge < -0.3 is 9.84 Å². The van der Waals surface area contributed by atoms with Gasteiger partial charge in [-0.1, -0.05) is 12.1 Å². The standard InChI is InChI=1S/C12H16O2/c1-4-12(13)11-8-10(14-5-2)7-6-9(11)3/h4,6-8,12-13H,1,5H2,2-3H3. The predicted octanol–water partition coefficient (Wildman–Crippen LogP) is 2.61. The van der Waals surface area contributed by atoms with E-state index in [9.17, 15) is 5.11 Å². The third kappa shape index (κ3) is 2.36. The van der Waals surface area contributed by atoms with Crippen LogP contribution in [0.5, 0.6) is 5.75 Å². The first kappa shape index (κ1) is 10.8. The highest BCUT2D eigenvalue weighted by Crippen LogP contribution is 2.23. The summed E-state index contributed by atoms with van der Waals surface area (Å²) in [4.78, 5) is 0. The van der Waals surface area contributed by atoms with Crippen LogP contribution < -0.4 is 4.74 Å². The van der Waals surface area contributed by atoms with Gasteiger partial charge in [-0.3, -0.25) is 0 Å². The van der Waals surface area contributed by atoms with Crippen molar-refractivity contribution in [3.05, 3.63) is 42.0 Å². The molecule has 1 aromatic rings. The maximum Gasteiger partial charge on any atom is 0.119 e. The Morgan fingerprint density at radius 3 is 2.86 bits per heavy atom. The number of hydrogen-bond acceptors (Lipinski definition) is 2. The fourth-order valence-corrected chi connectivity index (χ4v) is 1.32. The molecule has 0 aliphatic rings. The monoisotopic (exact) mass is 192 g/mol. The zero-order chi connectivity index (χ0) is 10.6. The van der Waals surface area contributed by atoms with E-state index in [2.05, 4.69) is 6.58 Å². The summed E-state index contributed by atoms with van der Waals surface area (Å²) in [7, 11) is 0. The first-order valence-electron chi connectivity index (χ1n) is 4.73. The second-order valence-electron chi connectivity index (χ2n) is 3.13. The molecule has 1 rings (SSSR count). The topological polar surface area (TPSA) is 29.5 Å². The van der Waals surface area contributed by atoms with Gasteiger partial charge in [0.05, 0.1) is 12.7 Å². The number of rotatable bonds is 4. The van der Waals surface area contributed by atoms with Crippen molar-refractivity contribution in [2.45, 2.75) is 20.0 Å². The largest absolute Gasteiger partial charge is 0.494 e. The summed E-state index contributed by atoms with van der Waals surface area (Å²) in [6, 6.07) is 5.69. The van der Waals surface area contributed by atoms with Crippen molar-refractivity contribution in [2.75, 3.05) is 6.61 Å². The molecule has 0 radical (unpaired) electrons. The Balaban J connectivity index is 3.01. The second kappa shape index (κ2) is 4.82. The SMILES string of the molecule is C=CC(O)c1cc(OCC)ccc1C. The van der Waals surface area contributed by atoms with Crippen molar-refractivity contribution in [3.8, 4) is 5.75 Å². The zero-order valence-electron chi connectivity index (χ0n) is 8.66. The molecule has 2 heteroatoms. The molecule has 1 aromatic carbocycles. The van der Waals surface area contributed by atoms with E-state index in [1.165, 1.54) is 6.08 Å². The Morgan fingerprint density at radius 1 is 1.57 bits per heavy atom. The Labute approximate surface area is 84.8 Å². The molecular formula is C12H16O2. The Morgan fingerprint density at radius 2 is 2.29 bits per heavy atom. The third-order valence-corrected chi connectivity index (χ3v) is 2.10. The molecule has 0 saturated heterocycles. The van der Waals surface area contributed by atoms with Crippen LogP contribution >= 0.6 is 0 Å². The normalized spacial score (nSPS) is 12.2. The van der Waals surface area contributed by atoms with E-state index >= 15 is 0 Å². The number of hydrogen-bond donors (Lipinski definition) is 1. The van der Waals surface area contributed by atoms with Crippen molar-refractivity contribution in [1.29, 1.82) is 0 Å². The molecule has 0 spiro atoms. The van der Waals surface area contributed by atoms with E-state index in [-0.39, 0.29) is 0 Å². The number of ether oxygens (including phenoxy) is 1. The average Bonchev–Trinajstić information content (AvgIpc) is 2.20. The van der Waals surface area contributed by atoms with E-state index in [4.69, 9.17) is 4.74 Å². The van der Waals surface area contributed by atoms with E-state index in [1.54, 1.807) is 0 Å². The van der Waals surface area contributed by atoms with Gasteiger partial charge in [-0.15, -0.1) is 6.58 Å². The number of benzene rings is 1. The number of aryl methyl sites for hydroxylation is 1. The van der Waals surface area contributed by atoms with Gasteiger partial charge in [0.2, 0.25) is 0 Å². The van der Waals surface area contributed by atoms with Crippen LogP contribution in [0.2, 0.25) is 0 Å². The maximum absolute atomic E-state index is 9.63. The van der Waals surface area contributed by atoms with Gasteiger partial charge in [-0.25, -0.2) is 0 Å². The van der Waals surface area contributed by atoms with Gasteiger partial charge >= 0.3 is 0 Å². The van der Waals surface area contributed by atoms with Gasteiger partial charge in [-0.05, 0) is 37.1 Å². The van der Waals surface area contributed by atoms with E-state index in [0.29, 0.717) is 6.61 Å². The van der Waals surface area contributed by atoms with E-state index in [1.807, 2.05) is 32.0 Å². The Hall–Kier alpha value is -1.28. The Kier molecular flexibility index (Phi) is 3.72. The molecule has 2 nitrogen and oxygen atoms in total. The fourth-order valence-electron chi connectivity index (χ4n) is 1.32. The van der Waals surface area contributed by atoms with E-state index < -0.39 is 6.10 Å². The highest BCUT2D eigenvalue weighted by Gasteiger charge is 2.07. The molecule has 1 N–H and O–H groups in total. The molecule has 76 valence electrons. The molecule has 0 bridgehead atoms. The van der Waals surface area contributed by atoms with Crippen LogP contribution in [0, 0.1) is 6.92 Å². The number of aliphatic hydroxyl groups excluding tert-OH is 1. The van der Waals surface area contributed by atoms with Crippen molar-refractivity contribution >= 4 is 0 Å². The maximum atomic E-state index is 9.63. The van der Waals surface area contributed by atoms with Gasteiger partial charge in [0, 0.05) is 0 Å². The molecule has 0 saturated carbocycles. The van der Waals surface area contributed by atoms with Gasteiger partial charge in [0.1, 0.15) is 5.75 Å². The van der Waals surface area contributed by atoms with E-state index in [0.717, 1.165) is 16.9 Å². The summed E-state index contributed by atoms with van der Waals surface area (Å²) in [5, 5.41) is 9.63. The van der Waals surface area contributed by atoms with Crippen LogP contribution in [0.15, 0.2) is 30.9 Å². The molecule has 14 heavy (non-hydrogen) atoms. The van der Waals surface area contributed by atoms with Crippen molar-refractivity contribution in [3.63, 3.8) is 0 Å². The summed E-state index contributed by atoms with van der Waals surface area (Å²) >= 11 is 0. The lowest BCUT2D eigenvalue weighted by molar-refractivity contribution is 0.227. The quantitative estimate of drug-likeness (QED) is 0.743. The summed E-state index contributed by atoms with van der Waals surface area (Å²) in [5.74, 6) is 0.786. The van der Waals surface area contributed by atoms with Crippen LogP contribution in [0.4, 0.5) is 0 Å². The molecule has 0 aliphatic carbocycles. The Bertz CT molecular complexity index is 318. The van der Waals surface area contributed by atoms with Gasteiger partial charge in [-0.2, -0.15) is 0 Å². The van der Waals surface area contributed by atoms with Crippen LogP contribution in [-0.2, 0) is 0 Å². The molecule has 0 aliphatic heterocycles. The molecule has 0 heterocycles. The lowest BCUT2D eigenvalue weighted by atomic mass is 10.0. The first-order valence-corrected chi connectivity index (χ1v) is 4.73. The predicted molar refractivity (Wildman–Crippen MR) is 57.5 cm³/mol. The van der Waals surface area contributed by atoms with Crippen LogP contribution in [0.25, 0.3) is 0 Å². The second-order valence-corrected chi connectivity index (χ2v) is 3.13. The summed E-state index contributed by atoms with van der Waals surface area (Å²) < 4.78 is 5.35.